The predicted molar refractivity (Wildman–Crippen MR) is 60.0 cm³/mol. The molecule has 2 N–H and O–H groups in total. The minimum Gasteiger partial charge on any atom is -0.340 e. The third-order valence-electron chi connectivity index (χ3n) is 3.28. The van der Waals surface area contributed by atoms with Crippen molar-refractivity contribution in [3.63, 3.8) is 0 Å². The van der Waals surface area contributed by atoms with Crippen molar-refractivity contribution in [1.29, 1.82) is 0 Å². The molecule has 0 aromatic rings. The molecule has 3 heteroatoms. The first-order chi connectivity index (χ1) is 6.24. The van der Waals surface area contributed by atoms with Crippen molar-refractivity contribution in [2.24, 2.45) is 11.7 Å². The maximum atomic E-state index is 11.9. The van der Waals surface area contributed by atoms with Gasteiger partial charge in [0, 0.05) is 18.6 Å². The van der Waals surface area contributed by atoms with Gasteiger partial charge in [-0.2, -0.15) is 0 Å². The van der Waals surface area contributed by atoms with Crippen LogP contribution in [0.4, 0.5) is 0 Å². The van der Waals surface area contributed by atoms with Gasteiger partial charge in [0.1, 0.15) is 0 Å². The molecule has 0 fully saturated rings. The number of amides is 1. The molecule has 0 aliphatic carbocycles. The van der Waals surface area contributed by atoms with E-state index in [4.69, 9.17) is 5.73 Å². The zero-order valence-electron chi connectivity index (χ0n) is 10.3. The van der Waals surface area contributed by atoms with Crippen LogP contribution >= 0.6 is 0 Å². The lowest BCUT2D eigenvalue weighted by Crippen LogP contribution is -2.49. The Hall–Kier alpha value is -0.570. The number of nitrogens with two attached hydrogens (primary N) is 1. The minimum atomic E-state index is -0.106. The lowest BCUT2D eigenvalue weighted by atomic mass is 9.96. The number of nitrogens with zero attached hydrogens (tertiary/aromatic N) is 1. The fraction of sp³-hybridized carbons (Fsp3) is 0.909. The zero-order valence-corrected chi connectivity index (χ0v) is 10.3. The summed E-state index contributed by atoms with van der Waals surface area (Å²) in [5.41, 5.74) is 5.63. The first-order valence-electron chi connectivity index (χ1n) is 5.27. The van der Waals surface area contributed by atoms with Crippen molar-refractivity contribution in [3.05, 3.63) is 0 Å². The molecule has 2 atom stereocenters. The van der Waals surface area contributed by atoms with Crippen molar-refractivity contribution in [2.75, 3.05) is 7.05 Å². The molecule has 0 saturated heterocycles. The van der Waals surface area contributed by atoms with Crippen LogP contribution in [0.15, 0.2) is 0 Å². The van der Waals surface area contributed by atoms with E-state index in [0.717, 1.165) is 6.42 Å². The smallest absolute Gasteiger partial charge is 0.227 e. The fourth-order valence-electron chi connectivity index (χ4n) is 1.07. The predicted octanol–water partition coefficient (Wildman–Crippen LogP) is 1.62. The average Bonchev–Trinajstić information content (AvgIpc) is 2.14. The number of rotatable bonds is 4. The molecule has 0 saturated carbocycles. The van der Waals surface area contributed by atoms with E-state index in [0.29, 0.717) is 0 Å². The Bertz CT molecular complexity index is 199. The lowest BCUT2D eigenvalue weighted by molar-refractivity contribution is -0.139. The van der Waals surface area contributed by atoms with Crippen molar-refractivity contribution in [3.8, 4) is 0 Å². The van der Waals surface area contributed by atoms with E-state index in [1.54, 1.807) is 4.90 Å². The van der Waals surface area contributed by atoms with Gasteiger partial charge in [-0.25, -0.2) is 0 Å². The second kappa shape index (κ2) is 4.78. The number of carbonyl (C=O) groups excluding carboxylic acids is 1. The number of hydrogen-bond acceptors (Lipinski definition) is 2. The average molecular weight is 200 g/mol. The molecule has 0 rings (SSSR count). The van der Waals surface area contributed by atoms with Crippen LogP contribution < -0.4 is 5.73 Å². The highest BCUT2D eigenvalue weighted by Gasteiger charge is 2.29. The second-order valence-electron chi connectivity index (χ2n) is 4.71. The highest BCUT2D eigenvalue weighted by Crippen LogP contribution is 2.19. The van der Waals surface area contributed by atoms with Crippen molar-refractivity contribution >= 4 is 5.91 Å². The topological polar surface area (TPSA) is 46.3 Å². The van der Waals surface area contributed by atoms with Crippen LogP contribution in [0.5, 0.6) is 0 Å². The Balaban J connectivity index is 4.55. The Morgan fingerprint density at radius 1 is 1.43 bits per heavy atom. The molecule has 1 amide bonds. The third kappa shape index (κ3) is 2.98. The molecule has 3 nitrogen and oxygen atoms in total. The molecule has 0 aromatic heterocycles. The molecule has 0 bridgehead atoms. The molecule has 2 unspecified atom stereocenters. The largest absolute Gasteiger partial charge is 0.340 e. The van der Waals surface area contributed by atoms with E-state index in [-0.39, 0.29) is 23.4 Å². The quantitative estimate of drug-likeness (QED) is 0.749. The van der Waals surface area contributed by atoms with E-state index in [9.17, 15) is 4.79 Å². The lowest BCUT2D eigenvalue weighted by Gasteiger charge is -2.37. The first kappa shape index (κ1) is 13.4. The van der Waals surface area contributed by atoms with Crippen molar-refractivity contribution in [1.82, 2.24) is 4.90 Å². The van der Waals surface area contributed by atoms with Crippen LogP contribution in [0.25, 0.3) is 0 Å². The summed E-state index contributed by atoms with van der Waals surface area (Å²) in [6.07, 6.45) is 0.945. The molecular formula is C11H24N2O. The van der Waals surface area contributed by atoms with Crippen LogP contribution in [0, 0.1) is 5.92 Å². The summed E-state index contributed by atoms with van der Waals surface area (Å²) < 4.78 is 0. The molecule has 14 heavy (non-hydrogen) atoms. The first-order valence-corrected chi connectivity index (χ1v) is 5.27. The summed E-state index contributed by atoms with van der Waals surface area (Å²) in [5.74, 6) is 0.0256. The summed E-state index contributed by atoms with van der Waals surface area (Å²) in [5, 5.41) is 0. The van der Waals surface area contributed by atoms with E-state index >= 15 is 0 Å². The molecule has 0 aliphatic rings. The van der Waals surface area contributed by atoms with Gasteiger partial charge < -0.3 is 10.6 Å². The van der Waals surface area contributed by atoms with Gasteiger partial charge in [0.2, 0.25) is 5.91 Å². The normalized spacial score (nSPS) is 16.2. The van der Waals surface area contributed by atoms with Gasteiger partial charge in [0.25, 0.3) is 0 Å². The molecular weight excluding hydrogens is 176 g/mol. The van der Waals surface area contributed by atoms with Crippen LogP contribution in [-0.2, 0) is 4.79 Å². The molecule has 0 aromatic carbocycles. The van der Waals surface area contributed by atoms with E-state index in [2.05, 4.69) is 20.8 Å². The summed E-state index contributed by atoms with van der Waals surface area (Å²) in [6, 6.07) is -0.0855. The van der Waals surface area contributed by atoms with E-state index in [1.807, 2.05) is 20.9 Å². The van der Waals surface area contributed by atoms with Crippen LogP contribution in [0.2, 0.25) is 0 Å². The van der Waals surface area contributed by atoms with Crippen molar-refractivity contribution in [2.45, 2.75) is 52.6 Å². The molecule has 0 aliphatic heterocycles. The second-order valence-corrected chi connectivity index (χ2v) is 4.71. The van der Waals surface area contributed by atoms with Crippen LogP contribution in [0.3, 0.4) is 0 Å². The van der Waals surface area contributed by atoms with Gasteiger partial charge >= 0.3 is 0 Å². The van der Waals surface area contributed by atoms with Gasteiger partial charge in [0.15, 0.2) is 0 Å². The number of carbonyl (C=O) groups is 1. The van der Waals surface area contributed by atoms with Gasteiger partial charge in [-0.05, 0) is 27.2 Å². The van der Waals surface area contributed by atoms with Gasteiger partial charge in [0.05, 0.1) is 5.92 Å². The molecule has 84 valence electrons. The SMILES string of the molecule is CCC(C)(C)N(C)C(=O)C(C)C(C)N. The number of hydrogen-bond donors (Lipinski definition) is 1. The van der Waals surface area contributed by atoms with Crippen LogP contribution in [0.1, 0.15) is 41.0 Å². The van der Waals surface area contributed by atoms with E-state index in [1.165, 1.54) is 0 Å². The van der Waals surface area contributed by atoms with Gasteiger partial charge in [-0.3, -0.25) is 4.79 Å². The fourth-order valence-corrected chi connectivity index (χ4v) is 1.07. The third-order valence-corrected chi connectivity index (χ3v) is 3.28. The molecule has 0 radical (unpaired) electrons. The summed E-state index contributed by atoms with van der Waals surface area (Å²) in [6.45, 7) is 9.97. The molecule has 0 heterocycles. The highest BCUT2D eigenvalue weighted by atomic mass is 16.2. The minimum absolute atomic E-state index is 0.0831. The summed E-state index contributed by atoms with van der Waals surface area (Å²) in [4.78, 5) is 13.7. The maximum absolute atomic E-state index is 11.9. The zero-order chi connectivity index (χ0) is 11.5. The Morgan fingerprint density at radius 2 is 1.86 bits per heavy atom. The van der Waals surface area contributed by atoms with Gasteiger partial charge in [-0.1, -0.05) is 13.8 Å². The van der Waals surface area contributed by atoms with E-state index < -0.39 is 0 Å². The summed E-state index contributed by atoms with van der Waals surface area (Å²) >= 11 is 0. The monoisotopic (exact) mass is 200 g/mol. The molecule has 0 spiro atoms. The standard InChI is InChI=1S/C11H24N2O/c1-7-11(4,5)13(6)10(14)8(2)9(3)12/h8-9H,7,12H2,1-6H3. The maximum Gasteiger partial charge on any atom is 0.227 e. The van der Waals surface area contributed by atoms with Gasteiger partial charge in [-0.15, -0.1) is 0 Å². The van der Waals surface area contributed by atoms with Crippen LogP contribution in [-0.4, -0.2) is 29.4 Å². The van der Waals surface area contributed by atoms with Crippen molar-refractivity contribution < 1.29 is 4.79 Å². The highest BCUT2D eigenvalue weighted by molar-refractivity contribution is 5.79. The Kier molecular flexibility index (Phi) is 4.59. The Labute approximate surface area is 87.6 Å². The Morgan fingerprint density at radius 3 is 2.14 bits per heavy atom. The summed E-state index contributed by atoms with van der Waals surface area (Å²) in [7, 11) is 1.85.